The van der Waals surface area contributed by atoms with Crippen LogP contribution in [0.2, 0.25) is 0 Å². The molecule has 0 aliphatic heterocycles. The van der Waals surface area contributed by atoms with Crippen molar-refractivity contribution in [2.24, 2.45) is 0 Å². The SMILES string of the molecule is CCOc1cccc2sc(N(Cc3ccccc3)C(=O)c3ccc(N(C)C)cc3)nc12. The van der Waals surface area contributed by atoms with E-state index in [0.29, 0.717) is 23.8 Å². The Bertz CT molecular complexity index is 1170. The van der Waals surface area contributed by atoms with Crippen LogP contribution in [0.25, 0.3) is 10.2 Å². The summed E-state index contributed by atoms with van der Waals surface area (Å²) < 4.78 is 6.74. The van der Waals surface area contributed by atoms with E-state index in [1.54, 1.807) is 4.90 Å². The number of carbonyl (C=O) groups is 1. The second kappa shape index (κ2) is 9.18. The van der Waals surface area contributed by atoms with Crippen molar-refractivity contribution in [3.05, 3.63) is 83.9 Å². The highest BCUT2D eigenvalue weighted by molar-refractivity contribution is 7.22. The minimum atomic E-state index is -0.0776. The Balaban J connectivity index is 1.75. The lowest BCUT2D eigenvalue weighted by molar-refractivity contribution is 0.0985. The minimum absolute atomic E-state index is 0.0776. The number of rotatable bonds is 7. The van der Waals surface area contributed by atoms with Crippen molar-refractivity contribution in [2.75, 3.05) is 30.5 Å². The van der Waals surface area contributed by atoms with Crippen LogP contribution in [0.1, 0.15) is 22.8 Å². The average molecular weight is 432 g/mol. The molecule has 0 bridgehead atoms. The number of hydrogen-bond donors (Lipinski definition) is 0. The van der Waals surface area contributed by atoms with Crippen LogP contribution in [0.4, 0.5) is 10.8 Å². The van der Waals surface area contributed by atoms with Crippen molar-refractivity contribution >= 4 is 38.3 Å². The summed E-state index contributed by atoms with van der Waals surface area (Å²) in [5.41, 5.74) is 3.52. The summed E-state index contributed by atoms with van der Waals surface area (Å²) >= 11 is 1.50. The van der Waals surface area contributed by atoms with Crippen LogP contribution in [-0.2, 0) is 6.54 Å². The topological polar surface area (TPSA) is 45.7 Å². The molecule has 0 unspecified atom stereocenters. The van der Waals surface area contributed by atoms with E-state index in [4.69, 9.17) is 9.72 Å². The van der Waals surface area contributed by atoms with Crippen molar-refractivity contribution in [1.29, 1.82) is 0 Å². The summed E-state index contributed by atoms with van der Waals surface area (Å²) in [6, 6.07) is 23.5. The highest BCUT2D eigenvalue weighted by Gasteiger charge is 2.23. The predicted molar refractivity (Wildman–Crippen MR) is 129 cm³/mol. The monoisotopic (exact) mass is 431 g/mol. The summed E-state index contributed by atoms with van der Waals surface area (Å²) in [6.45, 7) is 2.96. The minimum Gasteiger partial charge on any atom is -0.492 e. The number of carbonyl (C=O) groups excluding carboxylic acids is 1. The van der Waals surface area contributed by atoms with E-state index in [2.05, 4.69) is 0 Å². The molecule has 0 saturated heterocycles. The highest BCUT2D eigenvalue weighted by Crippen LogP contribution is 2.35. The molecule has 0 aliphatic carbocycles. The fourth-order valence-electron chi connectivity index (χ4n) is 3.35. The van der Waals surface area contributed by atoms with Crippen molar-refractivity contribution in [3.63, 3.8) is 0 Å². The predicted octanol–water partition coefficient (Wildman–Crippen LogP) is 5.61. The zero-order valence-corrected chi connectivity index (χ0v) is 18.7. The number of fused-ring (bicyclic) bond motifs is 1. The van der Waals surface area contributed by atoms with E-state index in [-0.39, 0.29) is 5.91 Å². The van der Waals surface area contributed by atoms with Gasteiger partial charge in [-0.2, -0.15) is 0 Å². The van der Waals surface area contributed by atoms with Crippen LogP contribution < -0.4 is 14.5 Å². The normalized spacial score (nSPS) is 10.8. The summed E-state index contributed by atoms with van der Waals surface area (Å²) in [7, 11) is 3.96. The summed E-state index contributed by atoms with van der Waals surface area (Å²) in [5, 5.41) is 0.660. The van der Waals surface area contributed by atoms with Gasteiger partial charge in [-0.3, -0.25) is 9.69 Å². The first kappa shape index (κ1) is 20.9. The van der Waals surface area contributed by atoms with Gasteiger partial charge < -0.3 is 9.64 Å². The lowest BCUT2D eigenvalue weighted by Gasteiger charge is -2.21. The molecule has 0 N–H and O–H groups in total. The third kappa shape index (κ3) is 4.54. The standard InChI is InChI=1S/C25H25N3O2S/c1-4-30-21-11-8-12-22-23(21)26-25(31-22)28(17-18-9-6-5-7-10-18)24(29)19-13-15-20(16-14-19)27(2)3/h5-16H,4,17H2,1-3H3. The van der Waals surface area contributed by atoms with Crippen LogP contribution in [0.3, 0.4) is 0 Å². The Kier molecular flexibility index (Phi) is 6.18. The number of benzene rings is 3. The van der Waals surface area contributed by atoms with Crippen molar-refractivity contribution in [2.45, 2.75) is 13.5 Å². The summed E-state index contributed by atoms with van der Waals surface area (Å²) in [5.74, 6) is 0.663. The van der Waals surface area contributed by atoms with Gasteiger partial charge in [0.1, 0.15) is 11.3 Å². The van der Waals surface area contributed by atoms with E-state index < -0.39 is 0 Å². The van der Waals surface area contributed by atoms with Gasteiger partial charge >= 0.3 is 0 Å². The number of anilines is 2. The van der Waals surface area contributed by atoms with Crippen molar-refractivity contribution in [1.82, 2.24) is 4.98 Å². The molecule has 4 rings (SSSR count). The first-order chi connectivity index (χ1) is 15.1. The van der Waals surface area contributed by atoms with Crippen molar-refractivity contribution in [3.8, 4) is 5.75 Å². The Morgan fingerprint density at radius 3 is 2.39 bits per heavy atom. The third-order valence-corrected chi connectivity index (χ3v) is 6.00. The Hall–Kier alpha value is -3.38. The number of nitrogens with zero attached hydrogens (tertiary/aromatic N) is 3. The van der Waals surface area contributed by atoms with Gasteiger partial charge in [0.05, 0.1) is 17.9 Å². The van der Waals surface area contributed by atoms with Gasteiger partial charge in [0.2, 0.25) is 0 Å². The van der Waals surface area contributed by atoms with Gasteiger partial charge in [-0.15, -0.1) is 0 Å². The largest absolute Gasteiger partial charge is 0.492 e. The van der Waals surface area contributed by atoms with E-state index >= 15 is 0 Å². The zero-order chi connectivity index (χ0) is 21.8. The first-order valence-electron chi connectivity index (χ1n) is 10.2. The molecule has 31 heavy (non-hydrogen) atoms. The summed E-state index contributed by atoms with van der Waals surface area (Å²) in [4.78, 5) is 22.1. The maximum absolute atomic E-state index is 13.6. The molecule has 0 radical (unpaired) electrons. The zero-order valence-electron chi connectivity index (χ0n) is 17.9. The van der Waals surface area contributed by atoms with Gasteiger partial charge in [0.25, 0.3) is 5.91 Å². The molecule has 0 fully saturated rings. The maximum Gasteiger partial charge on any atom is 0.260 e. The fourth-order valence-corrected chi connectivity index (χ4v) is 4.33. The molecule has 1 aromatic heterocycles. The van der Waals surface area contributed by atoms with Crippen LogP contribution in [-0.4, -0.2) is 31.6 Å². The van der Waals surface area contributed by atoms with E-state index in [0.717, 1.165) is 27.2 Å². The lowest BCUT2D eigenvalue weighted by atomic mass is 10.1. The smallest absolute Gasteiger partial charge is 0.260 e. The summed E-state index contributed by atoms with van der Waals surface area (Å²) in [6.07, 6.45) is 0. The highest BCUT2D eigenvalue weighted by atomic mass is 32.1. The molecule has 0 saturated carbocycles. The molecular weight excluding hydrogens is 406 g/mol. The Labute approximate surface area is 186 Å². The molecule has 158 valence electrons. The molecule has 3 aromatic carbocycles. The molecule has 0 spiro atoms. The number of para-hydroxylation sites is 1. The second-order valence-electron chi connectivity index (χ2n) is 7.35. The number of aromatic nitrogens is 1. The van der Waals surface area contributed by atoms with Crippen LogP contribution >= 0.6 is 11.3 Å². The average Bonchev–Trinajstić information content (AvgIpc) is 3.23. The molecule has 6 heteroatoms. The lowest BCUT2D eigenvalue weighted by Crippen LogP contribution is -2.30. The van der Waals surface area contributed by atoms with Gasteiger partial charge in [-0.25, -0.2) is 4.98 Å². The van der Waals surface area contributed by atoms with Gasteiger partial charge in [-0.1, -0.05) is 47.7 Å². The quantitative estimate of drug-likeness (QED) is 0.382. The molecule has 0 atom stereocenters. The molecule has 0 aliphatic rings. The molecule has 4 aromatic rings. The van der Waals surface area contributed by atoms with Crippen LogP contribution in [0.5, 0.6) is 5.75 Å². The first-order valence-corrected chi connectivity index (χ1v) is 11.0. The molecular formula is C25H25N3O2S. The molecule has 1 heterocycles. The molecule has 1 amide bonds. The number of amides is 1. The number of ether oxygens (including phenoxy) is 1. The van der Waals surface area contributed by atoms with Crippen LogP contribution in [0.15, 0.2) is 72.8 Å². The Morgan fingerprint density at radius 2 is 1.71 bits per heavy atom. The number of hydrogen-bond acceptors (Lipinski definition) is 5. The fraction of sp³-hybridized carbons (Fsp3) is 0.200. The van der Waals surface area contributed by atoms with Gasteiger partial charge in [0, 0.05) is 25.3 Å². The molecule has 5 nitrogen and oxygen atoms in total. The van der Waals surface area contributed by atoms with Crippen LogP contribution in [0, 0.1) is 0 Å². The van der Waals surface area contributed by atoms with Gasteiger partial charge in [0.15, 0.2) is 5.13 Å². The second-order valence-corrected chi connectivity index (χ2v) is 8.36. The number of thiazole rings is 1. The maximum atomic E-state index is 13.6. The van der Waals surface area contributed by atoms with E-state index in [1.807, 2.05) is 98.7 Å². The van der Waals surface area contributed by atoms with E-state index in [1.165, 1.54) is 11.3 Å². The van der Waals surface area contributed by atoms with Crippen molar-refractivity contribution < 1.29 is 9.53 Å². The third-order valence-electron chi connectivity index (χ3n) is 4.96. The Morgan fingerprint density at radius 1 is 0.968 bits per heavy atom. The van der Waals surface area contributed by atoms with Gasteiger partial charge in [-0.05, 0) is 48.9 Å². The van der Waals surface area contributed by atoms with E-state index in [9.17, 15) is 4.79 Å².